The third-order valence-corrected chi connectivity index (χ3v) is 2.75. The Balaban J connectivity index is 1.96. The second-order valence-corrected chi connectivity index (χ2v) is 3.57. The topological polar surface area (TPSA) is 41.5 Å². The third kappa shape index (κ3) is 1.28. The van der Waals surface area contributed by atoms with E-state index in [-0.39, 0.29) is 18.3 Å². The molecule has 0 saturated carbocycles. The van der Waals surface area contributed by atoms with E-state index in [0.29, 0.717) is 0 Å². The van der Waals surface area contributed by atoms with Crippen molar-refractivity contribution in [3.63, 3.8) is 0 Å². The Labute approximate surface area is 66.7 Å². The van der Waals surface area contributed by atoms with E-state index in [4.69, 9.17) is 9.84 Å². The number of aliphatic hydroxyl groups is 1. The molecule has 0 amide bonds. The van der Waals surface area contributed by atoms with Crippen molar-refractivity contribution in [1.82, 2.24) is 5.32 Å². The molecule has 0 bridgehead atoms. The number of aliphatic hydroxyl groups excluding tert-OH is 1. The van der Waals surface area contributed by atoms with Crippen molar-refractivity contribution in [3.05, 3.63) is 0 Å². The van der Waals surface area contributed by atoms with Crippen LogP contribution in [0.2, 0.25) is 0 Å². The van der Waals surface area contributed by atoms with E-state index in [0.717, 1.165) is 32.4 Å². The standard InChI is InChI=1S/C8H15NO2/c10-5-7-1-2-8(11-7)3-4-9-6-8/h7,9-10H,1-6H2. The Morgan fingerprint density at radius 1 is 1.55 bits per heavy atom. The Morgan fingerprint density at radius 2 is 2.45 bits per heavy atom. The van der Waals surface area contributed by atoms with E-state index >= 15 is 0 Å². The molecule has 2 rings (SSSR count). The minimum absolute atomic E-state index is 0.0907. The van der Waals surface area contributed by atoms with Crippen LogP contribution in [-0.2, 0) is 4.74 Å². The molecule has 64 valence electrons. The summed E-state index contributed by atoms with van der Waals surface area (Å²) in [4.78, 5) is 0. The molecule has 11 heavy (non-hydrogen) atoms. The normalized spacial score (nSPS) is 43.9. The first-order valence-corrected chi connectivity index (χ1v) is 4.34. The minimum Gasteiger partial charge on any atom is -0.394 e. The molecule has 2 aliphatic heterocycles. The van der Waals surface area contributed by atoms with Crippen LogP contribution in [0, 0.1) is 0 Å². The zero-order chi connectivity index (χ0) is 7.73. The van der Waals surface area contributed by atoms with Gasteiger partial charge in [0.25, 0.3) is 0 Å². The second kappa shape index (κ2) is 2.73. The lowest BCUT2D eigenvalue weighted by Gasteiger charge is -2.22. The lowest BCUT2D eigenvalue weighted by atomic mass is 9.99. The van der Waals surface area contributed by atoms with Crippen LogP contribution in [0.4, 0.5) is 0 Å². The van der Waals surface area contributed by atoms with Crippen molar-refractivity contribution in [2.24, 2.45) is 0 Å². The van der Waals surface area contributed by atoms with Gasteiger partial charge in [-0.3, -0.25) is 0 Å². The van der Waals surface area contributed by atoms with E-state index in [2.05, 4.69) is 5.32 Å². The van der Waals surface area contributed by atoms with Gasteiger partial charge in [-0.2, -0.15) is 0 Å². The van der Waals surface area contributed by atoms with Crippen LogP contribution >= 0.6 is 0 Å². The van der Waals surface area contributed by atoms with Crippen LogP contribution in [0.5, 0.6) is 0 Å². The van der Waals surface area contributed by atoms with Gasteiger partial charge in [-0.1, -0.05) is 0 Å². The molecule has 3 nitrogen and oxygen atoms in total. The molecule has 2 N–H and O–H groups in total. The quantitative estimate of drug-likeness (QED) is 0.558. The summed E-state index contributed by atoms with van der Waals surface area (Å²) >= 11 is 0. The molecule has 0 radical (unpaired) electrons. The average molecular weight is 157 g/mol. The van der Waals surface area contributed by atoms with Crippen molar-refractivity contribution in [2.75, 3.05) is 19.7 Å². The minimum atomic E-state index is 0.0907. The molecule has 3 heteroatoms. The first-order valence-electron chi connectivity index (χ1n) is 4.34. The molecular weight excluding hydrogens is 142 g/mol. The van der Waals surface area contributed by atoms with Crippen LogP contribution in [-0.4, -0.2) is 36.5 Å². The lowest BCUT2D eigenvalue weighted by Crippen LogP contribution is -2.32. The Hall–Kier alpha value is -0.120. The van der Waals surface area contributed by atoms with Crippen molar-refractivity contribution >= 4 is 0 Å². The summed E-state index contributed by atoms with van der Waals surface area (Å²) in [5, 5.41) is 12.2. The molecule has 2 unspecified atom stereocenters. The monoisotopic (exact) mass is 157 g/mol. The number of hydrogen-bond donors (Lipinski definition) is 2. The summed E-state index contributed by atoms with van der Waals surface area (Å²) in [6.45, 7) is 2.23. The second-order valence-electron chi connectivity index (χ2n) is 3.57. The molecule has 2 aliphatic rings. The van der Waals surface area contributed by atoms with Crippen molar-refractivity contribution < 1.29 is 9.84 Å². The lowest BCUT2D eigenvalue weighted by molar-refractivity contribution is -0.0468. The van der Waals surface area contributed by atoms with Gasteiger partial charge >= 0.3 is 0 Å². The molecule has 0 aromatic heterocycles. The maximum absolute atomic E-state index is 8.86. The Kier molecular flexibility index (Phi) is 1.87. The van der Waals surface area contributed by atoms with Gasteiger partial charge < -0.3 is 15.2 Å². The van der Waals surface area contributed by atoms with E-state index in [9.17, 15) is 0 Å². The molecule has 0 aromatic carbocycles. The summed E-state index contributed by atoms with van der Waals surface area (Å²) in [5.74, 6) is 0. The highest BCUT2D eigenvalue weighted by Crippen LogP contribution is 2.34. The van der Waals surface area contributed by atoms with Crippen LogP contribution in [0.1, 0.15) is 19.3 Å². The Bertz CT molecular complexity index is 143. The first kappa shape index (κ1) is 7.53. The summed E-state index contributed by atoms with van der Waals surface area (Å²) in [6, 6.07) is 0. The van der Waals surface area contributed by atoms with Crippen molar-refractivity contribution in [2.45, 2.75) is 31.0 Å². The maximum Gasteiger partial charge on any atom is 0.0824 e. The average Bonchev–Trinajstić information content (AvgIpc) is 2.62. The highest BCUT2D eigenvalue weighted by Gasteiger charge is 2.41. The van der Waals surface area contributed by atoms with Crippen LogP contribution in [0.25, 0.3) is 0 Å². The van der Waals surface area contributed by atoms with E-state index < -0.39 is 0 Å². The molecule has 0 aliphatic carbocycles. The smallest absolute Gasteiger partial charge is 0.0824 e. The van der Waals surface area contributed by atoms with Crippen LogP contribution < -0.4 is 5.32 Å². The van der Waals surface area contributed by atoms with Crippen LogP contribution in [0.3, 0.4) is 0 Å². The maximum atomic E-state index is 8.86. The predicted octanol–water partition coefficient (Wildman–Crippen LogP) is -0.110. The van der Waals surface area contributed by atoms with E-state index in [1.165, 1.54) is 0 Å². The Morgan fingerprint density at radius 3 is 3.00 bits per heavy atom. The number of nitrogens with one attached hydrogen (secondary N) is 1. The van der Waals surface area contributed by atoms with Gasteiger partial charge in [0, 0.05) is 6.54 Å². The molecule has 0 aromatic rings. The van der Waals surface area contributed by atoms with E-state index in [1.54, 1.807) is 0 Å². The number of rotatable bonds is 1. The summed E-state index contributed by atoms with van der Waals surface area (Å²) in [5.41, 5.74) is 0.0907. The summed E-state index contributed by atoms with van der Waals surface area (Å²) < 4.78 is 5.75. The third-order valence-electron chi connectivity index (χ3n) is 2.75. The highest BCUT2D eigenvalue weighted by molar-refractivity contribution is 4.95. The van der Waals surface area contributed by atoms with E-state index in [1.807, 2.05) is 0 Å². The zero-order valence-electron chi connectivity index (χ0n) is 6.68. The predicted molar refractivity (Wildman–Crippen MR) is 41.4 cm³/mol. The molecule has 1 spiro atoms. The van der Waals surface area contributed by atoms with Gasteiger partial charge in [-0.25, -0.2) is 0 Å². The fraction of sp³-hybridized carbons (Fsp3) is 1.00. The van der Waals surface area contributed by atoms with Crippen LogP contribution in [0.15, 0.2) is 0 Å². The molecule has 2 fully saturated rings. The molecule has 2 saturated heterocycles. The SMILES string of the molecule is OCC1CCC2(CCNC2)O1. The molecule has 2 heterocycles. The molecular formula is C8H15NO2. The summed E-state index contributed by atoms with van der Waals surface area (Å²) in [7, 11) is 0. The fourth-order valence-electron chi connectivity index (χ4n) is 2.06. The molecule has 2 atom stereocenters. The summed E-state index contributed by atoms with van der Waals surface area (Å²) in [6.07, 6.45) is 3.36. The fourth-order valence-corrected chi connectivity index (χ4v) is 2.06. The first-order chi connectivity index (χ1) is 5.35. The van der Waals surface area contributed by atoms with Crippen molar-refractivity contribution in [3.8, 4) is 0 Å². The number of hydrogen-bond acceptors (Lipinski definition) is 3. The number of ether oxygens (including phenoxy) is 1. The zero-order valence-corrected chi connectivity index (χ0v) is 6.68. The van der Waals surface area contributed by atoms with Gasteiger partial charge in [-0.15, -0.1) is 0 Å². The van der Waals surface area contributed by atoms with Gasteiger partial charge in [0.2, 0.25) is 0 Å². The van der Waals surface area contributed by atoms with Gasteiger partial charge in [0.05, 0.1) is 18.3 Å². The van der Waals surface area contributed by atoms with Gasteiger partial charge in [0.1, 0.15) is 0 Å². The van der Waals surface area contributed by atoms with Gasteiger partial charge in [-0.05, 0) is 25.8 Å². The van der Waals surface area contributed by atoms with Gasteiger partial charge in [0.15, 0.2) is 0 Å². The van der Waals surface area contributed by atoms with Crippen molar-refractivity contribution in [1.29, 1.82) is 0 Å². The highest BCUT2D eigenvalue weighted by atomic mass is 16.5. The largest absolute Gasteiger partial charge is 0.394 e.